The third kappa shape index (κ3) is 4.41. The molecule has 21 heavy (non-hydrogen) atoms. The molecule has 1 aliphatic heterocycles. The van der Waals surface area contributed by atoms with E-state index >= 15 is 0 Å². The maximum Gasteiger partial charge on any atom is 0.230 e. The van der Waals surface area contributed by atoms with E-state index in [0.717, 1.165) is 12.8 Å². The van der Waals surface area contributed by atoms with Crippen LogP contribution < -0.4 is 15.8 Å². The van der Waals surface area contributed by atoms with Crippen molar-refractivity contribution in [2.24, 2.45) is 11.7 Å². The molecule has 1 aliphatic rings. The number of thiocarbonyl (C=S) groups is 1. The van der Waals surface area contributed by atoms with E-state index in [1.807, 2.05) is 19.1 Å². The summed E-state index contributed by atoms with van der Waals surface area (Å²) in [5, 5.41) is 2.91. The van der Waals surface area contributed by atoms with Crippen LogP contribution in [0.2, 0.25) is 0 Å². The zero-order valence-corrected chi connectivity index (χ0v) is 12.8. The lowest BCUT2D eigenvalue weighted by Crippen LogP contribution is -2.29. The topological polar surface area (TPSA) is 73.6 Å². The van der Waals surface area contributed by atoms with Gasteiger partial charge in [0.15, 0.2) is 0 Å². The van der Waals surface area contributed by atoms with Crippen LogP contribution in [0.25, 0.3) is 0 Å². The third-order valence-corrected chi connectivity index (χ3v) is 3.55. The molecule has 0 saturated carbocycles. The molecule has 1 aromatic rings. The molecule has 3 N–H and O–H groups in total. The van der Waals surface area contributed by atoms with Gasteiger partial charge in [-0.05, 0) is 25.0 Å². The maximum atomic E-state index is 12.3. The number of amides is 1. The lowest BCUT2D eigenvalue weighted by Gasteiger charge is -2.16. The van der Waals surface area contributed by atoms with Crippen LogP contribution in [0.3, 0.4) is 0 Å². The highest BCUT2D eigenvalue weighted by molar-refractivity contribution is 7.80. The van der Waals surface area contributed by atoms with Gasteiger partial charge in [-0.15, -0.1) is 0 Å². The zero-order valence-electron chi connectivity index (χ0n) is 12.0. The number of rotatable bonds is 6. The molecule has 1 saturated heterocycles. The van der Waals surface area contributed by atoms with Crippen LogP contribution in [0.1, 0.15) is 19.8 Å². The van der Waals surface area contributed by atoms with Crippen molar-refractivity contribution in [2.75, 3.05) is 18.5 Å². The quantitative estimate of drug-likeness (QED) is 0.787. The number of carbonyl (C=O) groups excluding carboxylic acids is 1. The van der Waals surface area contributed by atoms with Gasteiger partial charge in [0.25, 0.3) is 0 Å². The summed E-state index contributed by atoms with van der Waals surface area (Å²) >= 11 is 4.77. The van der Waals surface area contributed by atoms with E-state index in [1.165, 1.54) is 0 Å². The number of carbonyl (C=O) groups is 1. The molecule has 1 aromatic carbocycles. The normalized spacial score (nSPS) is 21.0. The Kier molecular flexibility index (Phi) is 5.52. The largest absolute Gasteiger partial charge is 0.486 e. The van der Waals surface area contributed by atoms with E-state index in [0.29, 0.717) is 23.0 Å². The van der Waals surface area contributed by atoms with E-state index in [1.54, 1.807) is 12.1 Å². The Morgan fingerprint density at radius 2 is 2.38 bits per heavy atom. The van der Waals surface area contributed by atoms with Crippen LogP contribution >= 0.6 is 12.2 Å². The fraction of sp³-hybridized carbons (Fsp3) is 0.467. The van der Waals surface area contributed by atoms with E-state index in [9.17, 15) is 4.79 Å². The van der Waals surface area contributed by atoms with E-state index < -0.39 is 0 Å². The van der Waals surface area contributed by atoms with Gasteiger partial charge in [-0.3, -0.25) is 4.79 Å². The Morgan fingerprint density at radius 1 is 1.57 bits per heavy atom. The third-order valence-electron chi connectivity index (χ3n) is 3.43. The van der Waals surface area contributed by atoms with Crippen LogP contribution in [0.5, 0.6) is 5.75 Å². The average Bonchev–Trinajstić information content (AvgIpc) is 2.94. The number of hydrogen-bond acceptors (Lipinski definition) is 4. The first-order chi connectivity index (χ1) is 10.1. The summed E-state index contributed by atoms with van der Waals surface area (Å²) in [6, 6.07) is 7.18. The molecule has 2 rings (SSSR count). The number of nitrogens with two attached hydrogens (primary N) is 1. The lowest BCUT2D eigenvalue weighted by molar-refractivity contribution is -0.121. The maximum absolute atomic E-state index is 12.3. The zero-order chi connectivity index (χ0) is 15.2. The van der Waals surface area contributed by atoms with Gasteiger partial charge in [0.1, 0.15) is 17.3 Å². The first-order valence-corrected chi connectivity index (χ1v) is 7.44. The van der Waals surface area contributed by atoms with E-state index in [2.05, 4.69) is 5.32 Å². The fourth-order valence-electron chi connectivity index (χ4n) is 2.40. The Hall–Kier alpha value is -1.66. The SMILES string of the molecule is CCC1OCCC1C(=O)Nc1cccc(OCC(N)=S)c1. The van der Waals surface area contributed by atoms with Gasteiger partial charge in [-0.1, -0.05) is 25.2 Å². The molecular weight excluding hydrogens is 288 g/mol. The van der Waals surface area contributed by atoms with Gasteiger partial charge < -0.3 is 20.5 Å². The van der Waals surface area contributed by atoms with Crippen molar-refractivity contribution < 1.29 is 14.3 Å². The number of hydrogen-bond donors (Lipinski definition) is 2. The molecule has 0 aliphatic carbocycles. The second-order valence-electron chi connectivity index (χ2n) is 4.98. The summed E-state index contributed by atoms with van der Waals surface area (Å²) in [7, 11) is 0. The molecule has 1 heterocycles. The van der Waals surface area contributed by atoms with Gasteiger partial charge in [-0.2, -0.15) is 0 Å². The van der Waals surface area contributed by atoms with Crippen LogP contribution in [-0.4, -0.2) is 30.2 Å². The summed E-state index contributed by atoms with van der Waals surface area (Å²) in [5.41, 5.74) is 6.09. The average molecular weight is 308 g/mol. The standard InChI is InChI=1S/C15H20N2O3S/c1-2-13-12(6-7-19-13)15(18)17-10-4-3-5-11(8-10)20-9-14(16)21/h3-5,8,12-13H,2,6-7,9H2,1H3,(H2,16,21)(H,17,18). The number of benzene rings is 1. The molecule has 0 aromatic heterocycles. The minimum Gasteiger partial charge on any atom is -0.486 e. The summed E-state index contributed by atoms with van der Waals surface area (Å²) in [6.07, 6.45) is 1.62. The predicted molar refractivity (Wildman–Crippen MR) is 85.5 cm³/mol. The van der Waals surface area contributed by atoms with Gasteiger partial charge in [-0.25, -0.2) is 0 Å². The molecule has 114 valence electrons. The molecule has 1 amide bonds. The molecule has 6 heteroatoms. The van der Waals surface area contributed by atoms with E-state index in [-0.39, 0.29) is 24.5 Å². The van der Waals surface area contributed by atoms with Crippen molar-refractivity contribution in [2.45, 2.75) is 25.9 Å². The van der Waals surface area contributed by atoms with Crippen molar-refractivity contribution in [1.29, 1.82) is 0 Å². The molecule has 0 spiro atoms. The molecule has 2 unspecified atom stereocenters. The minimum absolute atomic E-state index is 0.00848. The fourth-order valence-corrected chi connectivity index (χ4v) is 2.46. The van der Waals surface area contributed by atoms with Crippen molar-refractivity contribution in [3.63, 3.8) is 0 Å². The highest BCUT2D eigenvalue weighted by atomic mass is 32.1. The van der Waals surface area contributed by atoms with Crippen molar-refractivity contribution in [3.05, 3.63) is 24.3 Å². The molecule has 0 radical (unpaired) electrons. The number of nitrogens with one attached hydrogen (secondary N) is 1. The Morgan fingerprint density at radius 3 is 3.10 bits per heavy atom. The first kappa shape index (κ1) is 15.7. The Balaban J connectivity index is 1.97. The van der Waals surface area contributed by atoms with Crippen LogP contribution in [0, 0.1) is 5.92 Å². The number of anilines is 1. The van der Waals surface area contributed by atoms with Crippen molar-refractivity contribution >= 4 is 28.8 Å². The molecule has 2 atom stereocenters. The number of ether oxygens (including phenoxy) is 2. The molecule has 0 bridgehead atoms. The first-order valence-electron chi connectivity index (χ1n) is 7.03. The smallest absolute Gasteiger partial charge is 0.230 e. The highest BCUT2D eigenvalue weighted by Gasteiger charge is 2.32. The summed E-state index contributed by atoms with van der Waals surface area (Å²) in [4.78, 5) is 12.6. The minimum atomic E-state index is -0.0869. The second kappa shape index (κ2) is 7.38. The van der Waals surface area contributed by atoms with E-state index in [4.69, 9.17) is 27.4 Å². The second-order valence-corrected chi connectivity index (χ2v) is 5.51. The monoisotopic (exact) mass is 308 g/mol. The van der Waals surface area contributed by atoms with Gasteiger partial charge in [0.05, 0.1) is 12.0 Å². The van der Waals surface area contributed by atoms with Crippen molar-refractivity contribution in [1.82, 2.24) is 0 Å². The lowest BCUT2D eigenvalue weighted by atomic mass is 9.98. The predicted octanol–water partition coefficient (Wildman–Crippen LogP) is 2.11. The molecular formula is C15H20N2O3S. The van der Waals surface area contributed by atoms with Crippen LogP contribution in [-0.2, 0) is 9.53 Å². The van der Waals surface area contributed by atoms with Gasteiger partial charge in [0, 0.05) is 18.4 Å². The summed E-state index contributed by atoms with van der Waals surface area (Å²) < 4.78 is 11.0. The Labute approximate surface area is 129 Å². The van der Waals surface area contributed by atoms with Gasteiger partial charge in [0.2, 0.25) is 5.91 Å². The summed E-state index contributed by atoms with van der Waals surface area (Å²) in [5.74, 6) is 0.525. The summed E-state index contributed by atoms with van der Waals surface area (Å²) in [6.45, 7) is 2.86. The van der Waals surface area contributed by atoms with Crippen LogP contribution in [0.4, 0.5) is 5.69 Å². The van der Waals surface area contributed by atoms with Crippen LogP contribution in [0.15, 0.2) is 24.3 Å². The van der Waals surface area contributed by atoms with Gasteiger partial charge >= 0.3 is 0 Å². The molecule has 1 fully saturated rings. The van der Waals surface area contributed by atoms with Crippen molar-refractivity contribution in [3.8, 4) is 5.75 Å². The Bertz CT molecular complexity index is 521. The molecule has 5 nitrogen and oxygen atoms in total. The highest BCUT2D eigenvalue weighted by Crippen LogP contribution is 2.25.